The van der Waals surface area contributed by atoms with E-state index in [4.69, 9.17) is 9.72 Å². The molecule has 0 N–H and O–H groups in total. The van der Waals surface area contributed by atoms with Crippen LogP contribution < -0.4 is 0 Å². The summed E-state index contributed by atoms with van der Waals surface area (Å²) in [6.07, 6.45) is 9.48. The molecule has 1 atom stereocenters. The van der Waals surface area contributed by atoms with Gasteiger partial charge in [0.15, 0.2) is 10.8 Å². The predicted molar refractivity (Wildman–Crippen MR) is 151 cm³/mol. The Morgan fingerprint density at radius 3 is 2.74 bits per heavy atom. The Morgan fingerprint density at radius 2 is 1.95 bits per heavy atom. The lowest BCUT2D eigenvalue weighted by molar-refractivity contribution is 0.0288. The first-order valence-corrected chi connectivity index (χ1v) is 13.9. The maximum absolute atomic E-state index is 12.4. The zero-order chi connectivity index (χ0) is 27.1. The van der Waals surface area contributed by atoms with Crippen molar-refractivity contribution in [1.29, 1.82) is 0 Å². The fraction of sp³-hybridized carbons (Fsp3) is 0.345. The van der Waals surface area contributed by atoms with Crippen molar-refractivity contribution in [2.75, 3.05) is 13.1 Å². The summed E-state index contributed by atoms with van der Waals surface area (Å²) < 4.78 is 9.36. The standard InChI is InChI=1S/C29H31N7O2S/c1-29(2,3)38-28(37)35-10-9-19(16-35)11-20-12-22-13-24(6-7-25(22)30-14-20)39-27-33-32-26-8-5-21(18-36(26)27)23-15-31-34(4)17-23/h5-8,12-15,17-19H,9-11,16H2,1-4H3/t19-/m1/s1. The molecule has 1 fully saturated rings. The Morgan fingerprint density at radius 1 is 1.08 bits per heavy atom. The third-order valence-electron chi connectivity index (χ3n) is 6.79. The minimum Gasteiger partial charge on any atom is -0.444 e. The average molecular weight is 542 g/mol. The molecule has 0 aliphatic carbocycles. The maximum atomic E-state index is 12.4. The number of aromatic nitrogens is 6. The first kappa shape index (κ1) is 25.4. The maximum Gasteiger partial charge on any atom is 0.410 e. The van der Waals surface area contributed by atoms with Gasteiger partial charge in [-0.2, -0.15) is 5.10 Å². The summed E-state index contributed by atoms with van der Waals surface area (Å²) in [5, 5.41) is 15.0. The van der Waals surface area contributed by atoms with E-state index < -0.39 is 5.60 Å². The number of fused-ring (bicyclic) bond motifs is 2. The van der Waals surface area contributed by atoms with Crippen LogP contribution >= 0.6 is 11.8 Å². The predicted octanol–water partition coefficient (Wildman–Crippen LogP) is 5.63. The Labute approximate surface area is 231 Å². The van der Waals surface area contributed by atoms with Gasteiger partial charge >= 0.3 is 6.09 Å². The summed E-state index contributed by atoms with van der Waals surface area (Å²) in [7, 11) is 1.91. The number of rotatable bonds is 5. The summed E-state index contributed by atoms with van der Waals surface area (Å²) in [5.74, 6) is 0.394. The van der Waals surface area contributed by atoms with Gasteiger partial charge in [0.1, 0.15) is 5.60 Å². The fourth-order valence-corrected chi connectivity index (χ4v) is 5.80. The number of ether oxygens (including phenoxy) is 1. The SMILES string of the molecule is Cn1cc(-c2ccc3nnc(Sc4ccc5ncc(C[C@H]6CCN(C(=O)OC(C)(C)C)C6)cc5c4)n3c2)cn1. The molecule has 39 heavy (non-hydrogen) atoms. The Bertz CT molecular complexity index is 1670. The number of aryl methyl sites for hydroxylation is 1. The molecule has 10 heteroatoms. The first-order chi connectivity index (χ1) is 18.7. The smallest absolute Gasteiger partial charge is 0.410 e. The van der Waals surface area contributed by atoms with E-state index in [0.29, 0.717) is 12.5 Å². The molecule has 1 saturated heterocycles. The van der Waals surface area contributed by atoms with E-state index in [1.54, 1.807) is 16.4 Å². The first-order valence-electron chi connectivity index (χ1n) is 13.1. The number of amides is 1. The van der Waals surface area contributed by atoms with Gasteiger partial charge in [0.05, 0.1) is 11.7 Å². The topological polar surface area (TPSA) is 90.4 Å². The quantitative estimate of drug-likeness (QED) is 0.285. The van der Waals surface area contributed by atoms with Crippen molar-refractivity contribution in [3.05, 3.63) is 66.7 Å². The molecular formula is C29H31N7O2S. The third-order valence-corrected chi connectivity index (χ3v) is 7.74. The van der Waals surface area contributed by atoms with Crippen molar-refractivity contribution in [3.63, 3.8) is 0 Å². The average Bonchev–Trinajstić information content (AvgIpc) is 3.63. The number of carbonyl (C=O) groups is 1. The summed E-state index contributed by atoms with van der Waals surface area (Å²) in [6, 6.07) is 12.5. The number of pyridine rings is 2. The van der Waals surface area contributed by atoms with Crippen LogP contribution in [0.1, 0.15) is 32.8 Å². The zero-order valence-corrected chi connectivity index (χ0v) is 23.4. The van der Waals surface area contributed by atoms with Crippen LogP contribution in [0.5, 0.6) is 0 Å². The minimum absolute atomic E-state index is 0.225. The van der Waals surface area contributed by atoms with Crippen molar-refractivity contribution < 1.29 is 9.53 Å². The van der Waals surface area contributed by atoms with E-state index in [2.05, 4.69) is 39.7 Å². The van der Waals surface area contributed by atoms with Gasteiger partial charge in [-0.3, -0.25) is 14.1 Å². The lowest BCUT2D eigenvalue weighted by Gasteiger charge is -2.24. The van der Waals surface area contributed by atoms with E-state index in [1.807, 2.05) is 73.9 Å². The van der Waals surface area contributed by atoms with E-state index in [0.717, 1.165) is 57.1 Å². The second-order valence-electron chi connectivity index (χ2n) is 11.1. The highest BCUT2D eigenvalue weighted by atomic mass is 32.2. The molecule has 1 amide bonds. The molecule has 5 heterocycles. The molecule has 0 bridgehead atoms. The number of hydrogen-bond acceptors (Lipinski definition) is 7. The minimum atomic E-state index is -0.479. The molecular weight excluding hydrogens is 510 g/mol. The fourth-order valence-electron chi connectivity index (χ4n) is 4.94. The molecule has 4 aromatic heterocycles. The van der Waals surface area contributed by atoms with E-state index in [-0.39, 0.29) is 6.09 Å². The van der Waals surface area contributed by atoms with E-state index in [9.17, 15) is 4.79 Å². The molecule has 1 aromatic carbocycles. The third kappa shape index (κ3) is 5.61. The molecule has 200 valence electrons. The molecule has 0 radical (unpaired) electrons. The van der Waals surface area contributed by atoms with Crippen molar-refractivity contribution >= 4 is 34.4 Å². The molecule has 9 nitrogen and oxygen atoms in total. The van der Waals surface area contributed by atoms with Crippen LogP contribution in [-0.2, 0) is 18.2 Å². The number of carbonyl (C=O) groups excluding carboxylic acids is 1. The second kappa shape index (κ2) is 10.00. The number of hydrogen-bond donors (Lipinski definition) is 0. The van der Waals surface area contributed by atoms with E-state index >= 15 is 0 Å². The van der Waals surface area contributed by atoms with Crippen LogP contribution in [0.2, 0.25) is 0 Å². The Hall–Kier alpha value is -3.92. The summed E-state index contributed by atoms with van der Waals surface area (Å²) in [4.78, 5) is 20.0. The van der Waals surface area contributed by atoms with Crippen LogP contribution in [0.3, 0.4) is 0 Å². The zero-order valence-electron chi connectivity index (χ0n) is 22.5. The second-order valence-corrected chi connectivity index (χ2v) is 12.2. The van der Waals surface area contributed by atoms with Crippen molar-refractivity contribution in [1.82, 2.24) is 34.3 Å². The highest BCUT2D eigenvalue weighted by molar-refractivity contribution is 7.99. The number of likely N-dealkylation sites (tertiary alicyclic amines) is 1. The van der Waals surface area contributed by atoms with Crippen molar-refractivity contribution in [2.24, 2.45) is 13.0 Å². The molecule has 5 aromatic rings. The van der Waals surface area contributed by atoms with Gasteiger partial charge < -0.3 is 9.64 Å². The normalized spacial score (nSPS) is 15.9. The highest BCUT2D eigenvalue weighted by Gasteiger charge is 2.29. The largest absolute Gasteiger partial charge is 0.444 e. The summed E-state index contributed by atoms with van der Waals surface area (Å²) >= 11 is 1.58. The van der Waals surface area contributed by atoms with Crippen LogP contribution in [0.15, 0.2) is 71.2 Å². The molecule has 0 unspecified atom stereocenters. The van der Waals surface area contributed by atoms with Crippen LogP contribution in [-0.4, -0.2) is 59.0 Å². The molecule has 1 aliphatic rings. The number of nitrogens with zero attached hydrogens (tertiary/aromatic N) is 7. The Kier molecular flexibility index (Phi) is 6.50. The van der Waals surface area contributed by atoms with Gasteiger partial charge in [0, 0.05) is 60.1 Å². The van der Waals surface area contributed by atoms with Crippen molar-refractivity contribution in [3.8, 4) is 11.1 Å². The molecule has 6 rings (SSSR count). The van der Waals surface area contributed by atoms with Crippen LogP contribution in [0.25, 0.3) is 27.7 Å². The van der Waals surface area contributed by atoms with E-state index in [1.165, 1.54) is 5.56 Å². The van der Waals surface area contributed by atoms with Gasteiger partial charge in [0.2, 0.25) is 0 Å². The number of benzene rings is 1. The van der Waals surface area contributed by atoms with Gasteiger partial charge in [-0.15, -0.1) is 10.2 Å². The Balaban J connectivity index is 1.18. The molecule has 1 aliphatic heterocycles. The van der Waals surface area contributed by atoms with Gasteiger partial charge in [0.25, 0.3) is 0 Å². The lowest BCUT2D eigenvalue weighted by Crippen LogP contribution is -2.35. The van der Waals surface area contributed by atoms with Gasteiger partial charge in [-0.25, -0.2) is 4.79 Å². The van der Waals surface area contributed by atoms with Crippen molar-refractivity contribution in [2.45, 2.75) is 49.3 Å². The summed E-state index contributed by atoms with van der Waals surface area (Å²) in [6.45, 7) is 7.14. The molecule has 0 spiro atoms. The van der Waals surface area contributed by atoms with Crippen LogP contribution in [0.4, 0.5) is 4.79 Å². The monoisotopic (exact) mass is 541 g/mol. The van der Waals surface area contributed by atoms with Crippen LogP contribution in [0, 0.1) is 5.92 Å². The van der Waals surface area contributed by atoms with Gasteiger partial charge in [-0.05, 0) is 93.3 Å². The lowest BCUT2D eigenvalue weighted by atomic mass is 9.99. The van der Waals surface area contributed by atoms with Gasteiger partial charge in [-0.1, -0.05) is 0 Å². The molecule has 0 saturated carbocycles. The highest BCUT2D eigenvalue weighted by Crippen LogP contribution is 2.31. The summed E-state index contributed by atoms with van der Waals surface area (Å²) in [5.41, 5.74) is 4.55.